The first-order valence-corrected chi connectivity index (χ1v) is 9.62. The Balaban J connectivity index is 1.78. The third-order valence-corrected chi connectivity index (χ3v) is 4.79. The summed E-state index contributed by atoms with van der Waals surface area (Å²) in [4.78, 5) is 12.9. The van der Waals surface area contributed by atoms with Gasteiger partial charge in [0.1, 0.15) is 18.1 Å². The summed E-state index contributed by atoms with van der Waals surface area (Å²) in [6.07, 6.45) is 0. The number of benzene rings is 3. The maximum absolute atomic E-state index is 12.9. The summed E-state index contributed by atoms with van der Waals surface area (Å²) in [6.45, 7) is 4.65. The quantitative estimate of drug-likeness (QED) is 0.565. The minimum Gasteiger partial charge on any atom is -0.507 e. The summed E-state index contributed by atoms with van der Waals surface area (Å²) in [6, 6.07) is 20.2. The molecule has 29 heavy (non-hydrogen) atoms. The van der Waals surface area contributed by atoms with Crippen LogP contribution in [0.15, 0.2) is 66.7 Å². The molecule has 0 radical (unpaired) electrons. The lowest BCUT2D eigenvalue weighted by Gasteiger charge is -2.17. The van der Waals surface area contributed by atoms with Crippen molar-refractivity contribution in [3.63, 3.8) is 0 Å². The molecule has 3 aromatic rings. The van der Waals surface area contributed by atoms with Gasteiger partial charge >= 0.3 is 0 Å². The molecule has 1 amide bonds. The van der Waals surface area contributed by atoms with Crippen LogP contribution in [-0.2, 0) is 0 Å². The molecule has 0 aromatic heterocycles. The molecule has 5 nitrogen and oxygen atoms in total. The van der Waals surface area contributed by atoms with E-state index in [4.69, 9.17) is 10.5 Å². The third-order valence-electron chi connectivity index (χ3n) is 4.79. The number of para-hydroxylation sites is 1. The summed E-state index contributed by atoms with van der Waals surface area (Å²) in [5, 5.41) is 13.2. The van der Waals surface area contributed by atoms with E-state index in [9.17, 15) is 9.90 Å². The summed E-state index contributed by atoms with van der Waals surface area (Å²) in [5.74, 6) is 0.688. The second-order valence-electron chi connectivity index (χ2n) is 6.95. The second-order valence-corrected chi connectivity index (χ2v) is 6.95. The van der Waals surface area contributed by atoms with Crippen LogP contribution < -0.4 is 15.8 Å². The number of nitrogens with one attached hydrogen (secondary N) is 1. The minimum atomic E-state index is -0.207. The molecular weight excluding hydrogens is 364 g/mol. The van der Waals surface area contributed by atoms with Crippen molar-refractivity contribution in [2.24, 2.45) is 5.73 Å². The van der Waals surface area contributed by atoms with E-state index >= 15 is 0 Å². The van der Waals surface area contributed by atoms with Crippen LogP contribution in [0.25, 0.3) is 11.1 Å². The smallest absolute Gasteiger partial charge is 0.252 e. The molecular formula is C24H26N2O3. The van der Waals surface area contributed by atoms with Gasteiger partial charge in [-0.15, -0.1) is 0 Å². The van der Waals surface area contributed by atoms with E-state index in [-0.39, 0.29) is 17.7 Å². The fourth-order valence-corrected chi connectivity index (χ4v) is 3.16. The van der Waals surface area contributed by atoms with E-state index in [1.165, 1.54) is 0 Å². The lowest BCUT2D eigenvalue weighted by Crippen LogP contribution is -2.27. The molecule has 0 aliphatic carbocycles. The van der Waals surface area contributed by atoms with Crippen LogP contribution in [0.3, 0.4) is 0 Å². The number of carbonyl (C=O) groups is 1. The van der Waals surface area contributed by atoms with Gasteiger partial charge in [0.25, 0.3) is 5.91 Å². The van der Waals surface area contributed by atoms with E-state index in [0.29, 0.717) is 24.5 Å². The number of aromatic hydroxyl groups is 1. The summed E-state index contributed by atoms with van der Waals surface area (Å²) in [5.41, 5.74) is 9.53. The standard InChI is InChI=1S/C24H26N2O3/c1-16-10-11-20(29-13-12-25)15-22(16)24(28)26-17(2)18-6-5-7-19(14-18)21-8-3-4-9-23(21)27/h3-11,14-15,17,27H,12-13,25H2,1-2H3,(H,26,28)/t17-/m1/s1. The van der Waals surface area contributed by atoms with Crippen LogP contribution in [-0.4, -0.2) is 24.2 Å². The van der Waals surface area contributed by atoms with Crippen LogP contribution >= 0.6 is 0 Å². The molecule has 0 fully saturated rings. The van der Waals surface area contributed by atoms with Crippen LogP contribution in [0.4, 0.5) is 0 Å². The largest absolute Gasteiger partial charge is 0.507 e. The second kappa shape index (κ2) is 9.26. The number of ether oxygens (including phenoxy) is 1. The Morgan fingerprint density at radius 1 is 1.10 bits per heavy atom. The van der Waals surface area contributed by atoms with Crippen molar-refractivity contribution < 1.29 is 14.6 Å². The number of phenols is 1. The topological polar surface area (TPSA) is 84.6 Å². The van der Waals surface area contributed by atoms with Gasteiger partial charge in [0.15, 0.2) is 0 Å². The average molecular weight is 390 g/mol. The molecule has 0 aliphatic heterocycles. The first kappa shape index (κ1) is 20.4. The number of nitrogens with two attached hydrogens (primary N) is 1. The van der Waals surface area contributed by atoms with Gasteiger partial charge in [0, 0.05) is 17.7 Å². The predicted octanol–water partition coefficient (Wildman–Crippen LogP) is 4.20. The van der Waals surface area contributed by atoms with Gasteiger partial charge in [-0.05, 0) is 54.8 Å². The van der Waals surface area contributed by atoms with Crippen molar-refractivity contribution >= 4 is 5.91 Å². The lowest BCUT2D eigenvalue weighted by atomic mass is 9.99. The highest BCUT2D eigenvalue weighted by atomic mass is 16.5. The van der Waals surface area contributed by atoms with E-state index < -0.39 is 0 Å². The predicted molar refractivity (Wildman–Crippen MR) is 115 cm³/mol. The maximum atomic E-state index is 12.9. The van der Waals surface area contributed by atoms with Crippen molar-refractivity contribution in [3.8, 4) is 22.6 Å². The normalized spacial score (nSPS) is 11.7. The summed E-state index contributed by atoms with van der Waals surface area (Å²) < 4.78 is 5.54. The molecule has 0 heterocycles. The van der Waals surface area contributed by atoms with Gasteiger partial charge < -0.3 is 20.9 Å². The molecule has 0 unspecified atom stereocenters. The molecule has 3 rings (SSSR count). The van der Waals surface area contributed by atoms with Crippen LogP contribution in [0.5, 0.6) is 11.5 Å². The van der Waals surface area contributed by atoms with Crippen molar-refractivity contribution in [3.05, 3.63) is 83.4 Å². The molecule has 0 bridgehead atoms. The Morgan fingerprint density at radius 2 is 1.90 bits per heavy atom. The molecule has 0 saturated heterocycles. The zero-order chi connectivity index (χ0) is 20.8. The lowest BCUT2D eigenvalue weighted by molar-refractivity contribution is 0.0939. The highest BCUT2D eigenvalue weighted by molar-refractivity contribution is 5.96. The monoisotopic (exact) mass is 390 g/mol. The van der Waals surface area contributed by atoms with E-state index in [2.05, 4.69) is 5.32 Å². The number of aryl methyl sites for hydroxylation is 1. The molecule has 3 aromatic carbocycles. The zero-order valence-corrected chi connectivity index (χ0v) is 16.7. The maximum Gasteiger partial charge on any atom is 0.252 e. The van der Waals surface area contributed by atoms with Crippen molar-refractivity contribution in [1.82, 2.24) is 5.32 Å². The fraction of sp³-hybridized carbons (Fsp3) is 0.208. The number of phenolic OH excluding ortho intramolecular Hbond substituents is 1. The van der Waals surface area contributed by atoms with Crippen LogP contribution in [0, 0.1) is 6.92 Å². The summed E-state index contributed by atoms with van der Waals surface area (Å²) >= 11 is 0. The van der Waals surface area contributed by atoms with Gasteiger partial charge in [-0.3, -0.25) is 4.79 Å². The number of rotatable bonds is 7. The summed E-state index contributed by atoms with van der Waals surface area (Å²) in [7, 11) is 0. The molecule has 0 spiro atoms. The van der Waals surface area contributed by atoms with Crippen molar-refractivity contribution in [2.75, 3.05) is 13.2 Å². The highest BCUT2D eigenvalue weighted by Gasteiger charge is 2.15. The van der Waals surface area contributed by atoms with Crippen LogP contribution in [0.2, 0.25) is 0 Å². The number of carbonyl (C=O) groups excluding carboxylic acids is 1. The molecule has 0 aliphatic rings. The SMILES string of the molecule is Cc1ccc(OCCN)cc1C(=O)N[C@H](C)c1cccc(-c2ccccc2O)c1. The van der Waals surface area contributed by atoms with E-state index in [1.807, 2.05) is 62.4 Å². The Labute approximate surface area is 171 Å². The first-order valence-electron chi connectivity index (χ1n) is 9.62. The molecule has 5 heteroatoms. The Morgan fingerprint density at radius 3 is 2.66 bits per heavy atom. The minimum absolute atomic E-state index is 0.166. The van der Waals surface area contributed by atoms with Gasteiger partial charge in [0.05, 0.1) is 6.04 Å². The molecule has 1 atom stereocenters. The van der Waals surface area contributed by atoms with E-state index in [1.54, 1.807) is 18.2 Å². The number of hydrogen-bond acceptors (Lipinski definition) is 4. The fourth-order valence-electron chi connectivity index (χ4n) is 3.16. The van der Waals surface area contributed by atoms with E-state index in [0.717, 1.165) is 22.3 Å². The van der Waals surface area contributed by atoms with Gasteiger partial charge in [-0.2, -0.15) is 0 Å². The Bertz CT molecular complexity index is 1000. The third kappa shape index (κ3) is 4.95. The Kier molecular flexibility index (Phi) is 6.52. The van der Waals surface area contributed by atoms with Crippen LogP contribution in [0.1, 0.15) is 34.5 Å². The average Bonchev–Trinajstić information content (AvgIpc) is 2.73. The molecule has 4 N–H and O–H groups in total. The van der Waals surface area contributed by atoms with Crippen molar-refractivity contribution in [1.29, 1.82) is 0 Å². The van der Waals surface area contributed by atoms with Gasteiger partial charge in [-0.25, -0.2) is 0 Å². The highest BCUT2D eigenvalue weighted by Crippen LogP contribution is 2.30. The Hall–Kier alpha value is -3.31. The number of hydrogen-bond donors (Lipinski definition) is 3. The first-order chi connectivity index (χ1) is 14.0. The zero-order valence-electron chi connectivity index (χ0n) is 16.7. The van der Waals surface area contributed by atoms with Gasteiger partial charge in [-0.1, -0.05) is 42.5 Å². The van der Waals surface area contributed by atoms with Gasteiger partial charge in [0.2, 0.25) is 0 Å². The van der Waals surface area contributed by atoms with Crippen molar-refractivity contribution in [2.45, 2.75) is 19.9 Å². The molecule has 0 saturated carbocycles. The number of amides is 1. The molecule has 150 valence electrons.